The minimum absolute atomic E-state index is 0.00579. The van der Waals surface area contributed by atoms with Gasteiger partial charge in [-0.15, -0.1) is 0 Å². The zero-order valence-electron chi connectivity index (χ0n) is 18.8. The van der Waals surface area contributed by atoms with Crippen LogP contribution < -0.4 is 20.1 Å². The zero-order chi connectivity index (χ0) is 24.2. The number of phenols is 1. The van der Waals surface area contributed by atoms with Crippen molar-refractivity contribution in [2.45, 2.75) is 13.3 Å². The number of benzene rings is 3. The molecule has 4 aromatic rings. The maximum absolute atomic E-state index is 12.7. The second-order valence-electron chi connectivity index (χ2n) is 7.42. The maximum atomic E-state index is 12.7. The SMILES string of the molecule is CCc1ccc2oc(-c3cc(NC(=S)NC(=O)c4cc(OC)cc(OC)c4)ccc3O)nc2c1. The standard InChI is InChI=1S/C25H23N3O5S/c1-4-14-5-8-22-20(9-14)27-24(33-22)19-12-16(6-7-21(19)29)26-25(34)28-23(30)15-10-17(31-2)13-18(11-15)32-3/h5-13,29H,4H2,1-3H3,(H2,26,28,30,34). The molecular formula is C25H23N3O5S. The molecule has 8 nitrogen and oxygen atoms in total. The molecule has 174 valence electrons. The summed E-state index contributed by atoms with van der Waals surface area (Å²) in [5.74, 6) is 0.820. The Morgan fingerprint density at radius 3 is 2.47 bits per heavy atom. The summed E-state index contributed by atoms with van der Waals surface area (Å²) in [6.07, 6.45) is 0.883. The van der Waals surface area contributed by atoms with Crippen LogP contribution >= 0.6 is 12.2 Å². The number of aromatic nitrogens is 1. The van der Waals surface area contributed by atoms with Gasteiger partial charge in [0.05, 0.1) is 19.8 Å². The second kappa shape index (κ2) is 9.80. The fourth-order valence-electron chi connectivity index (χ4n) is 3.37. The predicted molar refractivity (Wildman–Crippen MR) is 134 cm³/mol. The van der Waals surface area contributed by atoms with Crippen molar-refractivity contribution in [3.8, 4) is 28.7 Å². The van der Waals surface area contributed by atoms with Crippen molar-refractivity contribution in [1.82, 2.24) is 10.3 Å². The van der Waals surface area contributed by atoms with E-state index in [9.17, 15) is 9.90 Å². The molecule has 0 bridgehead atoms. The minimum Gasteiger partial charge on any atom is -0.507 e. The molecule has 0 atom stereocenters. The van der Waals surface area contributed by atoms with E-state index in [1.54, 1.807) is 30.3 Å². The Bertz CT molecular complexity index is 1360. The van der Waals surface area contributed by atoms with Gasteiger partial charge < -0.3 is 24.3 Å². The van der Waals surface area contributed by atoms with Crippen LogP contribution in [-0.2, 0) is 6.42 Å². The van der Waals surface area contributed by atoms with E-state index < -0.39 is 5.91 Å². The molecule has 1 heterocycles. The van der Waals surface area contributed by atoms with Gasteiger partial charge >= 0.3 is 0 Å². The molecule has 0 aliphatic heterocycles. The predicted octanol–water partition coefficient (Wildman–Crippen LogP) is 4.91. The first-order chi connectivity index (χ1) is 16.4. The lowest BCUT2D eigenvalue weighted by atomic mass is 10.1. The highest BCUT2D eigenvalue weighted by Crippen LogP contribution is 2.33. The van der Waals surface area contributed by atoms with Crippen LogP contribution in [0.5, 0.6) is 17.2 Å². The number of anilines is 1. The second-order valence-corrected chi connectivity index (χ2v) is 7.82. The van der Waals surface area contributed by atoms with Gasteiger partial charge in [0.15, 0.2) is 10.7 Å². The van der Waals surface area contributed by atoms with Gasteiger partial charge in [0.25, 0.3) is 5.91 Å². The Morgan fingerprint density at radius 1 is 1.06 bits per heavy atom. The number of aromatic hydroxyl groups is 1. The number of rotatable bonds is 6. The Balaban J connectivity index is 1.52. The van der Waals surface area contributed by atoms with Crippen LogP contribution in [0.2, 0.25) is 0 Å². The van der Waals surface area contributed by atoms with Gasteiger partial charge in [-0.1, -0.05) is 13.0 Å². The number of methoxy groups -OCH3 is 2. The molecule has 3 N–H and O–H groups in total. The maximum Gasteiger partial charge on any atom is 0.257 e. The molecule has 0 radical (unpaired) electrons. The van der Waals surface area contributed by atoms with Crippen molar-refractivity contribution in [3.05, 3.63) is 65.7 Å². The number of amides is 1. The van der Waals surface area contributed by atoms with E-state index in [1.807, 2.05) is 18.2 Å². The first-order valence-corrected chi connectivity index (χ1v) is 10.9. The van der Waals surface area contributed by atoms with E-state index in [4.69, 9.17) is 26.1 Å². The van der Waals surface area contributed by atoms with E-state index in [0.717, 1.165) is 12.0 Å². The van der Waals surface area contributed by atoms with Crippen LogP contribution in [0, 0.1) is 0 Å². The molecule has 0 saturated carbocycles. The van der Waals surface area contributed by atoms with Crippen LogP contribution in [0.4, 0.5) is 5.69 Å². The van der Waals surface area contributed by atoms with Crippen LogP contribution in [0.15, 0.2) is 59.0 Å². The average molecular weight is 478 g/mol. The van der Waals surface area contributed by atoms with Crippen molar-refractivity contribution < 1.29 is 23.8 Å². The molecule has 1 aromatic heterocycles. The number of phenolic OH excluding ortho intramolecular Hbond substituents is 1. The summed E-state index contributed by atoms with van der Waals surface area (Å²) in [5, 5.41) is 16.0. The number of ether oxygens (including phenoxy) is 2. The number of nitrogens with one attached hydrogen (secondary N) is 2. The highest BCUT2D eigenvalue weighted by Gasteiger charge is 2.15. The van der Waals surface area contributed by atoms with Gasteiger partial charge in [0, 0.05) is 17.3 Å². The molecule has 0 fully saturated rings. The first kappa shape index (κ1) is 23.1. The minimum atomic E-state index is -0.431. The highest BCUT2D eigenvalue weighted by molar-refractivity contribution is 7.80. The van der Waals surface area contributed by atoms with Crippen molar-refractivity contribution in [3.63, 3.8) is 0 Å². The number of thiocarbonyl (C=S) groups is 1. The summed E-state index contributed by atoms with van der Waals surface area (Å²) in [6, 6.07) is 15.4. The lowest BCUT2D eigenvalue weighted by Crippen LogP contribution is -2.34. The Kier molecular flexibility index (Phi) is 6.65. The van der Waals surface area contributed by atoms with Crippen LogP contribution in [0.25, 0.3) is 22.6 Å². The van der Waals surface area contributed by atoms with Crippen molar-refractivity contribution in [1.29, 1.82) is 0 Å². The van der Waals surface area contributed by atoms with Gasteiger partial charge in [-0.05, 0) is 66.7 Å². The van der Waals surface area contributed by atoms with Gasteiger partial charge in [-0.3, -0.25) is 10.1 Å². The Labute approximate surface area is 201 Å². The van der Waals surface area contributed by atoms with Crippen molar-refractivity contribution >= 4 is 40.0 Å². The summed E-state index contributed by atoms with van der Waals surface area (Å²) in [5.41, 5.74) is 3.74. The molecular weight excluding hydrogens is 454 g/mol. The van der Waals surface area contributed by atoms with E-state index >= 15 is 0 Å². The molecule has 0 aliphatic rings. The fraction of sp³-hybridized carbons (Fsp3) is 0.160. The van der Waals surface area contributed by atoms with Gasteiger partial charge in [0.1, 0.15) is 22.8 Å². The number of hydrogen-bond donors (Lipinski definition) is 3. The van der Waals surface area contributed by atoms with Gasteiger partial charge in [0.2, 0.25) is 5.89 Å². The third kappa shape index (κ3) is 4.94. The van der Waals surface area contributed by atoms with Gasteiger partial charge in [-0.25, -0.2) is 4.98 Å². The first-order valence-electron chi connectivity index (χ1n) is 10.5. The van der Waals surface area contributed by atoms with E-state index in [0.29, 0.717) is 39.4 Å². The largest absolute Gasteiger partial charge is 0.507 e. The molecule has 4 rings (SSSR count). The van der Waals surface area contributed by atoms with Crippen molar-refractivity contribution in [2.75, 3.05) is 19.5 Å². The molecule has 0 aliphatic carbocycles. The number of carbonyl (C=O) groups excluding carboxylic acids is 1. The molecule has 0 spiro atoms. The molecule has 3 aromatic carbocycles. The third-order valence-corrected chi connectivity index (χ3v) is 5.39. The van der Waals surface area contributed by atoms with Crippen molar-refractivity contribution in [2.24, 2.45) is 0 Å². The molecule has 0 saturated heterocycles. The highest BCUT2D eigenvalue weighted by atomic mass is 32.1. The number of oxazole rings is 1. The molecule has 0 unspecified atom stereocenters. The summed E-state index contributed by atoms with van der Waals surface area (Å²) >= 11 is 5.30. The zero-order valence-corrected chi connectivity index (χ0v) is 19.7. The topological polar surface area (TPSA) is 106 Å². The molecule has 34 heavy (non-hydrogen) atoms. The monoisotopic (exact) mass is 477 g/mol. The average Bonchev–Trinajstić information content (AvgIpc) is 3.27. The van der Waals surface area contributed by atoms with E-state index in [1.165, 1.54) is 20.3 Å². The lowest BCUT2D eigenvalue weighted by molar-refractivity contribution is 0.0977. The van der Waals surface area contributed by atoms with E-state index in [-0.39, 0.29) is 16.8 Å². The third-order valence-electron chi connectivity index (χ3n) is 5.19. The quantitative estimate of drug-likeness (QED) is 0.266. The normalized spacial score (nSPS) is 10.7. The molecule has 1 amide bonds. The number of aryl methyl sites for hydroxylation is 1. The van der Waals surface area contributed by atoms with Crippen LogP contribution in [0.1, 0.15) is 22.8 Å². The molecule has 9 heteroatoms. The number of fused-ring (bicyclic) bond motifs is 1. The van der Waals surface area contributed by atoms with E-state index in [2.05, 4.69) is 22.5 Å². The van der Waals surface area contributed by atoms with Gasteiger partial charge in [-0.2, -0.15) is 0 Å². The number of carbonyl (C=O) groups is 1. The van der Waals surface area contributed by atoms with Crippen LogP contribution in [0.3, 0.4) is 0 Å². The summed E-state index contributed by atoms with van der Waals surface area (Å²) in [7, 11) is 3.01. The smallest absolute Gasteiger partial charge is 0.257 e. The van der Waals surface area contributed by atoms with Crippen LogP contribution in [-0.4, -0.2) is 35.3 Å². The fourth-order valence-corrected chi connectivity index (χ4v) is 3.58. The summed E-state index contributed by atoms with van der Waals surface area (Å²) in [6.45, 7) is 2.07. The lowest BCUT2D eigenvalue weighted by Gasteiger charge is -2.12. The summed E-state index contributed by atoms with van der Waals surface area (Å²) < 4.78 is 16.2. The Hall–Kier alpha value is -4.11. The number of hydrogen-bond acceptors (Lipinski definition) is 7. The number of nitrogens with zero attached hydrogens (tertiary/aromatic N) is 1. The summed E-state index contributed by atoms with van der Waals surface area (Å²) in [4.78, 5) is 17.2. The Morgan fingerprint density at radius 2 is 1.79 bits per heavy atom.